The van der Waals surface area contributed by atoms with Gasteiger partial charge in [0.05, 0.1) is 18.9 Å². The largest absolute Gasteiger partial charge is 0.454 e. The van der Waals surface area contributed by atoms with Crippen LogP contribution in [0, 0.1) is 11.3 Å². The molecule has 116 valence electrons. The van der Waals surface area contributed by atoms with E-state index in [9.17, 15) is 14.4 Å². The molecular weight excluding hydrogens is 286 g/mol. The molecule has 0 aliphatic heterocycles. The first-order valence-corrected chi connectivity index (χ1v) is 6.71. The van der Waals surface area contributed by atoms with E-state index in [2.05, 4.69) is 15.4 Å². The minimum absolute atomic E-state index is 0.169. The van der Waals surface area contributed by atoms with Gasteiger partial charge in [-0.2, -0.15) is 5.26 Å². The first-order valence-electron chi connectivity index (χ1n) is 6.71. The number of esters is 1. The second kappa shape index (κ2) is 9.94. The Hall–Kier alpha value is -2.88. The Bertz CT molecular complexity index is 552. The molecule has 0 heterocycles. The van der Waals surface area contributed by atoms with Crippen molar-refractivity contribution in [1.82, 2.24) is 10.6 Å². The van der Waals surface area contributed by atoms with Crippen LogP contribution in [0.4, 0.5) is 0 Å². The van der Waals surface area contributed by atoms with Gasteiger partial charge in [-0.3, -0.25) is 14.4 Å². The van der Waals surface area contributed by atoms with E-state index in [0.29, 0.717) is 0 Å². The highest BCUT2D eigenvalue weighted by Crippen LogP contribution is 1.98. The second-order valence-corrected chi connectivity index (χ2v) is 4.36. The van der Waals surface area contributed by atoms with Crippen LogP contribution in [0.15, 0.2) is 30.3 Å². The molecule has 7 heteroatoms. The number of nitrogens with one attached hydrogen (secondary N) is 2. The molecule has 0 unspecified atom stereocenters. The van der Waals surface area contributed by atoms with Gasteiger partial charge in [-0.15, -0.1) is 0 Å². The fourth-order valence-electron chi connectivity index (χ4n) is 1.52. The van der Waals surface area contributed by atoms with Gasteiger partial charge in [0.15, 0.2) is 6.61 Å². The minimum Gasteiger partial charge on any atom is -0.454 e. The van der Waals surface area contributed by atoms with Gasteiger partial charge >= 0.3 is 5.97 Å². The van der Waals surface area contributed by atoms with Crippen molar-refractivity contribution in [1.29, 1.82) is 5.26 Å². The van der Waals surface area contributed by atoms with E-state index < -0.39 is 18.5 Å². The van der Waals surface area contributed by atoms with Crippen molar-refractivity contribution in [3.05, 3.63) is 35.9 Å². The number of carbonyl (C=O) groups excluding carboxylic acids is 3. The molecule has 1 aromatic carbocycles. The Morgan fingerprint density at radius 1 is 1.09 bits per heavy atom. The van der Waals surface area contributed by atoms with Gasteiger partial charge in [0.2, 0.25) is 5.91 Å². The second-order valence-electron chi connectivity index (χ2n) is 4.36. The number of hydrogen-bond donors (Lipinski definition) is 2. The maximum Gasteiger partial charge on any atom is 0.325 e. The van der Waals surface area contributed by atoms with Crippen molar-refractivity contribution < 1.29 is 19.1 Å². The number of ether oxygens (including phenoxy) is 1. The Kier molecular flexibility index (Phi) is 7.76. The molecule has 2 amide bonds. The van der Waals surface area contributed by atoms with Crippen molar-refractivity contribution >= 4 is 17.8 Å². The molecule has 0 aliphatic carbocycles. The molecule has 0 atom stereocenters. The summed E-state index contributed by atoms with van der Waals surface area (Å²) in [5.41, 5.74) is 0.838. The van der Waals surface area contributed by atoms with Crippen LogP contribution in [0.3, 0.4) is 0 Å². The Morgan fingerprint density at radius 3 is 2.50 bits per heavy atom. The van der Waals surface area contributed by atoms with Crippen LogP contribution < -0.4 is 10.6 Å². The minimum atomic E-state index is -0.697. The van der Waals surface area contributed by atoms with E-state index in [1.54, 1.807) is 0 Å². The van der Waals surface area contributed by atoms with Gasteiger partial charge in [0.25, 0.3) is 5.91 Å². The number of nitriles is 1. The van der Waals surface area contributed by atoms with E-state index in [1.807, 2.05) is 36.4 Å². The molecule has 0 bridgehead atoms. The quantitative estimate of drug-likeness (QED) is 0.516. The van der Waals surface area contributed by atoms with E-state index in [1.165, 1.54) is 0 Å². The van der Waals surface area contributed by atoms with Crippen LogP contribution in [0.1, 0.15) is 12.0 Å². The zero-order valence-corrected chi connectivity index (χ0v) is 12.0. The SMILES string of the molecule is N#CCCNC(=O)COC(=O)CNC(=O)Cc1ccccc1. The molecule has 0 saturated heterocycles. The Balaban J connectivity index is 2.16. The maximum absolute atomic E-state index is 11.6. The zero-order chi connectivity index (χ0) is 16.2. The van der Waals surface area contributed by atoms with E-state index in [-0.39, 0.29) is 31.8 Å². The number of carbonyl (C=O) groups is 3. The third kappa shape index (κ3) is 7.65. The molecule has 1 rings (SSSR count). The first-order chi connectivity index (χ1) is 10.6. The normalized spacial score (nSPS) is 9.41. The summed E-state index contributed by atoms with van der Waals surface area (Å²) in [7, 11) is 0. The van der Waals surface area contributed by atoms with Gasteiger partial charge in [-0.05, 0) is 5.56 Å². The molecule has 0 fully saturated rings. The number of nitrogens with zero attached hydrogens (tertiary/aromatic N) is 1. The third-order valence-electron chi connectivity index (χ3n) is 2.56. The molecular formula is C15H17N3O4. The number of amides is 2. The van der Waals surface area contributed by atoms with Crippen molar-refractivity contribution in [3.8, 4) is 6.07 Å². The van der Waals surface area contributed by atoms with Crippen LogP contribution in [-0.4, -0.2) is 37.5 Å². The molecule has 0 spiro atoms. The topological polar surface area (TPSA) is 108 Å². The molecule has 0 aliphatic rings. The average molecular weight is 303 g/mol. The summed E-state index contributed by atoms with van der Waals surface area (Å²) >= 11 is 0. The molecule has 2 N–H and O–H groups in total. The molecule has 7 nitrogen and oxygen atoms in total. The molecule has 0 radical (unpaired) electrons. The van der Waals surface area contributed by atoms with Crippen LogP contribution in [0.5, 0.6) is 0 Å². The monoisotopic (exact) mass is 303 g/mol. The summed E-state index contributed by atoms with van der Waals surface area (Å²) in [5.74, 6) is -1.49. The van der Waals surface area contributed by atoms with Gasteiger partial charge in [-0.25, -0.2) is 0 Å². The van der Waals surface area contributed by atoms with E-state index in [0.717, 1.165) is 5.56 Å². The molecule has 0 aromatic heterocycles. The lowest BCUT2D eigenvalue weighted by molar-refractivity contribution is -0.148. The summed E-state index contributed by atoms with van der Waals surface area (Å²) in [6.07, 6.45) is 0.359. The molecule has 1 aromatic rings. The zero-order valence-electron chi connectivity index (χ0n) is 12.0. The summed E-state index contributed by atoms with van der Waals surface area (Å²) in [5, 5.41) is 13.1. The number of rotatable bonds is 8. The van der Waals surface area contributed by atoms with Gasteiger partial charge in [-0.1, -0.05) is 30.3 Å². The lowest BCUT2D eigenvalue weighted by Crippen LogP contribution is -2.34. The number of benzene rings is 1. The lowest BCUT2D eigenvalue weighted by Gasteiger charge is -2.07. The fraction of sp³-hybridized carbons (Fsp3) is 0.333. The van der Waals surface area contributed by atoms with Crippen LogP contribution in [-0.2, 0) is 25.5 Å². The summed E-state index contributed by atoms with van der Waals surface area (Å²) in [4.78, 5) is 34.2. The van der Waals surface area contributed by atoms with Gasteiger partial charge in [0, 0.05) is 6.54 Å². The van der Waals surface area contributed by atoms with Crippen molar-refractivity contribution in [2.45, 2.75) is 12.8 Å². The highest BCUT2D eigenvalue weighted by molar-refractivity contribution is 5.85. The highest BCUT2D eigenvalue weighted by Gasteiger charge is 2.09. The highest BCUT2D eigenvalue weighted by atomic mass is 16.5. The van der Waals surface area contributed by atoms with E-state index in [4.69, 9.17) is 5.26 Å². The maximum atomic E-state index is 11.6. The van der Waals surface area contributed by atoms with Crippen molar-refractivity contribution in [2.24, 2.45) is 0 Å². The predicted molar refractivity (Wildman–Crippen MR) is 77.4 cm³/mol. The fourth-order valence-corrected chi connectivity index (χ4v) is 1.52. The lowest BCUT2D eigenvalue weighted by atomic mass is 10.1. The standard InChI is InChI=1S/C15H17N3O4/c16-7-4-8-17-14(20)11-22-15(21)10-18-13(19)9-12-5-2-1-3-6-12/h1-3,5-6H,4,8-11H2,(H,17,20)(H,18,19). The van der Waals surface area contributed by atoms with Crippen molar-refractivity contribution in [3.63, 3.8) is 0 Å². The molecule has 0 saturated carbocycles. The molecule has 22 heavy (non-hydrogen) atoms. The predicted octanol–water partition coefficient (Wildman–Crippen LogP) is -0.0816. The van der Waals surface area contributed by atoms with Gasteiger partial charge in [0.1, 0.15) is 6.54 Å². The third-order valence-corrected chi connectivity index (χ3v) is 2.56. The van der Waals surface area contributed by atoms with Gasteiger partial charge < -0.3 is 15.4 Å². The summed E-state index contributed by atoms with van der Waals surface area (Å²) in [6, 6.07) is 11.0. The van der Waals surface area contributed by atoms with Crippen LogP contribution >= 0.6 is 0 Å². The Morgan fingerprint density at radius 2 is 1.82 bits per heavy atom. The van der Waals surface area contributed by atoms with E-state index >= 15 is 0 Å². The van der Waals surface area contributed by atoms with Crippen LogP contribution in [0.25, 0.3) is 0 Å². The van der Waals surface area contributed by atoms with Crippen molar-refractivity contribution in [2.75, 3.05) is 19.7 Å². The number of hydrogen-bond acceptors (Lipinski definition) is 5. The first kappa shape index (κ1) is 17.2. The smallest absolute Gasteiger partial charge is 0.325 e. The summed E-state index contributed by atoms with van der Waals surface area (Å²) < 4.78 is 4.69. The van der Waals surface area contributed by atoms with Crippen LogP contribution in [0.2, 0.25) is 0 Å². The Labute approximate surface area is 128 Å². The average Bonchev–Trinajstić information content (AvgIpc) is 2.52. The summed E-state index contributed by atoms with van der Waals surface area (Å²) in [6.45, 7) is -0.517.